The number of aromatic nitrogens is 1. The van der Waals surface area contributed by atoms with Crippen LogP contribution in [0.4, 0.5) is 4.79 Å². The van der Waals surface area contributed by atoms with Crippen molar-refractivity contribution in [3.63, 3.8) is 0 Å². The number of carbonyl (C=O) groups excluding carboxylic acids is 3. The van der Waals surface area contributed by atoms with Crippen molar-refractivity contribution in [3.05, 3.63) is 30.1 Å². The van der Waals surface area contributed by atoms with E-state index in [9.17, 15) is 14.4 Å². The minimum Gasteiger partial charge on any atom is -0.444 e. The zero-order valence-corrected chi connectivity index (χ0v) is 14.8. The Morgan fingerprint density at radius 1 is 1.12 bits per heavy atom. The molecule has 25 heavy (non-hydrogen) atoms. The summed E-state index contributed by atoms with van der Waals surface area (Å²) in [6.07, 6.45) is 0.958. The van der Waals surface area contributed by atoms with Gasteiger partial charge in [0.05, 0.1) is 0 Å². The second-order valence-corrected chi connectivity index (χ2v) is 6.74. The maximum absolute atomic E-state index is 12.3. The molecule has 0 aromatic carbocycles. The first-order valence-electron chi connectivity index (χ1n) is 8.21. The summed E-state index contributed by atoms with van der Waals surface area (Å²) >= 11 is 0. The summed E-state index contributed by atoms with van der Waals surface area (Å²) in [5, 5.41) is 2.45. The van der Waals surface area contributed by atoms with E-state index in [-0.39, 0.29) is 18.4 Å². The van der Waals surface area contributed by atoms with Gasteiger partial charge in [0.25, 0.3) is 5.91 Å². The number of alkyl carbamates (subject to hydrolysis) is 1. The van der Waals surface area contributed by atoms with E-state index in [1.54, 1.807) is 55.0 Å². The van der Waals surface area contributed by atoms with Crippen molar-refractivity contribution in [2.75, 3.05) is 32.7 Å². The van der Waals surface area contributed by atoms with Gasteiger partial charge in [-0.3, -0.25) is 14.6 Å². The first-order valence-corrected chi connectivity index (χ1v) is 8.21. The topological polar surface area (TPSA) is 91.8 Å². The lowest BCUT2D eigenvalue weighted by molar-refractivity contribution is -0.131. The smallest absolute Gasteiger partial charge is 0.408 e. The molecule has 1 aromatic rings. The molecular formula is C17H24N4O4. The van der Waals surface area contributed by atoms with Crippen LogP contribution in [-0.4, -0.2) is 71.0 Å². The second kappa shape index (κ2) is 7.96. The van der Waals surface area contributed by atoms with E-state index in [4.69, 9.17) is 4.74 Å². The van der Waals surface area contributed by atoms with E-state index in [1.165, 1.54) is 0 Å². The molecule has 1 N–H and O–H groups in total. The third-order valence-electron chi connectivity index (χ3n) is 3.59. The van der Waals surface area contributed by atoms with Crippen LogP contribution >= 0.6 is 0 Å². The van der Waals surface area contributed by atoms with E-state index >= 15 is 0 Å². The molecular weight excluding hydrogens is 324 g/mol. The molecule has 136 valence electrons. The highest BCUT2D eigenvalue weighted by Crippen LogP contribution is 2.08. The number of nitrogens with one attached hydrogen (secondary N) is 1. The molecule has 0 atom stereocenters. The molecule has 1 fully saturated rings. The van der Waals surface area contributed by atoms with Gasteiger partial charge >= 0.3 is 6.09 Å². The number of carbonyl (C=O) groups is 3. The highest BCUT2D eigenvalue weighted by atomic mass is 16.6. The maximum Gasteiger partial charge on any atom is 0.408 e. The van der Waals surface area contributed by atoms with Crippen LogP contribution in [-0.2, 0) is 9.53 Å². The Kier molecular flexibility index (Phi) is 5.95. The zero-order valence-electron chi connectivity index (χ0n) is 14.8. The highest BCUT2D eigenvalue weighted by Gasteiger charge is 2.26. The van der Waals surface area contributed by atoms with E-state index in [1.807, 2.05) is 0 Å². The van der Waals surface area contributed by atoms with Gasteiger partial charge in [-0.25, -0.2) is 4.79 Å². The highest BCUT2D eigenvalue weighted by molar-refractivity contribution is 5.92. The SMILES string of the molecule is CC(C)(C)OC(=O)NCC(=O)N1CCN(C(=O)c2ccccn2)CC1. The lowest BCUT2D eigenvalue weighted by Crippen LogP contribution is -2.52. The first kappa shape index (κ1) is 18.7. The third kappa shape index (κ3) is 5.74. The Bertz CT molecular complexity index is 619. The fourth-order valence-electron chi connectivity index (χ4n) is 2.38. The van der Waals surface area contributed by atoms with Gasteiger partial charge < -0.3 is 19.9 Å². The van der Waals surface area contributed by atoms with Crippen LogP contribution < -0.4 is 5.32 Å². The maximum atomic E-state index is 12.3. The summed E-state index contributed by atoms with van der Waals surface area (Å²) < 4.78 is 5.09. The molecule has 2 rings (SSSR count). The monoisotopic (exact) mass is 348 g/mol. The molecule has 0 unspecified atom stereocenters. The van der Waals surface area contributed by atoms with Crippen LogP contribution in [0.15, 0.2) is 24.4 Å². The van der Waals surface area contributed by atoms with E-state index in [0.717, 1.165) is 0 Å². The normalized spacial score (nSPS) is 14.8. The molecule has 1 saturated heterocycles. The minimum atomic E-state index is -0.621. The van der Waals surface area contributed by atoms with Gasteiger partial charge in [-0.15, -0.1) is 0 Å². The Hall–Kier alpha value is -2.64. The molecule has 0 radical (unpaired) electrons. The molecule has 1 aliphatic rings. The van der Waals surface area contributed by atoms with Crippen LogP contribution in [0.25, 0.3) is 0 Å². The van der Waals surface area contributed by atoms with Gasteiger partial charge in [0.2, 0.25) is 5.91 Å². The average molecular weight is 348 g/mol. The first-order chi connectivity index (χ1) is 11.8. The summed E-state index contributed by atoms with van der Waals surface area (Å²) in [7, 11) is 0. The fourth-order valence-corrected chi connectivity index (χ4v) is 2.38. The molecule has 0 saturated carbocycles. The summed E-state index contributed by atoms with van der Waals surface area (Å²) in [4.78, 5) is 43.4. The Morgan fingerprint density at radius 3 is 2.32 bits per heavy atom. The summed E-state index contributed by atoms with van der Waals surface area (Å²) in [6.45, 7) is 6.87. The van der Waals surface area contributed by atoms with Crippen molar-refractivity contribution in [3.8, 4) is 0 Å². The second-order valence-electron chi connectivity index (χ2n) is 6.74. The fraction of sp³-hybridized carbons (Fsp3) is 0.529. The van der Waals surface area contributed by atoms with Gasteiger partial charge in [-0.05, 0) is 32.9 Å². The lowest BCUT2D eigenvalue weighted by atomic mass is 10.2. The molecule has 0 bridgehead atoms. The van der Waals surface area contributed by atoms with Crippen LogP contribution in [0.1, 0.15) is 31.3 Å². The predicted molar refractivity (Wildman–Crippen MR) is 91.0 cm³/mol. The van der Waals surface area contributed by atoms with Crippen LogP contribution in [0.5, 0.6) is 0 Å². The molecule has 2 heterocycles. The van der Waals surface area contributed by atoms with Crippen LogP contribution in [0.2, 0.25) is 0 Å². The zero-order chi connectivity index (χ0) is 18.4. The lowest BCUT2D eigenvalue weighted by Gasteiger charge is -2.34. The van der Waals surface area contributed by atoms with Gasteiger partial charge in [-0.2, -0.15) is 0 Å². The van der Waals surface area contributed by atoms with E-state index in [0.29, 0.717) is 31.9 Å². The van der Waals surface area contributed by atoms with Gasteiger partial charge in [0.15, 0.2) is 0 Å². The number of ether oxygens (including phenoxy) is 1. The molecule has 0 spiro atoms. The number of amides is 3. The number of pyridine rings is 1. The molecule has 8 nitrogen and oxygen atoms in total. The van der Waals surface area contributed by atoms with Crippen molar-refractivity contribution in [1.29, 1.82) is 0 Å². The number of rotatable bonds is 3. The third-order valence-corrected chi connectivity index (χ3v) is 3.59. The summed E-state index contributed by atoms with van der Waals surface area (Å²) in [6, 6.07) is 5.19. The van der Waals surface area contributed by atoms with Crippen molar-refractivity contribution in [2.45, 2.75) is 26.4 Å². The van der Waals surface area contributed by atoms with Crippen molar-refractivity contribution in [1.82, 2.24) is 20.1 Å². The molecule has 1 aromatic heterocycles. The number of hydrogen-bond donors (Lipinski definition) is 1. The minimum absolute atomic E-state index is 0.122. The summed E-state index contributed by atoms with van der Waals surface area (Å²) in [5.41, 5.74) is -0.209. The molecule has 8 heteroatoms. The summed E-state index contributed by atoms with van der Waals surface area (Å²) in [5.74, 6) is -0.338. The van der Waals surface area contributed by atoms with Crippen LogP contribution in [0.3, 0.4) is 0 Å². The van der Waals surface area contributed by atoms with Gasteiger partial charge in [-0.1, -0.05) is 6.07 Å². The van der Waals surface area contributed by atoms with Crippen molar-refractivity contribution >= 4 is 17.9 Å². The van der Waals surface area contributed by atoms with Crippen molar-refractivity contribution in [2.24, 2.45) is 0 Å². The molecule has 0 aliphatic carbocycles. The average Bonchev–Trinajstić information content (AvgIpc) is 2.58. The Balaban J connectivity index is 1.77. The standard InChI is InChI=1S/C17H24N4O4/c1-17(2,3)25-16(24)19-12-14(22)20-8-10-21(11-9-20)15(23)13-6-4-5-7-18-13/h4-7H,8-12H2,1-3H3,(H,19,24). The Labute approximate surface area is 147 Å². The van der Waals surface area contributed by atoms with Gasteiger partial charge in [0.1, 0.15) is 17.8 Å². The predicted octanol–water partition coefficient (Wildman–Crippen LogP) is 0.891. The molecule has 1 aliphatic heterocycles. The Morgan fingerprint density at radius 2 is 1.76 bits per heavy atom. The van der Waals surface area contributed by atoms with E-state index in [2.05, 4.69) is 10.3 Å². The molecule has 3 amide bonds. The number of piperazine rings is 1. The van der Waals surface area contributed by atoms with E-state index < -0.39 is 11.7 Å². The number of hydrogen-bond acceptors (Lipinski definition) is 5. The van der Waals surface area contributed by atoms with Crippen LogP contribution in [0, 0.1) is 0 Å². The van der Waals surface area contributed by atoms with Crippen molar-refractivity contribution < 1.29 is 19.1 Å². The number of nitrogens with zero attached hydrogens (tertiary/aromatic N) is 3. The largest absolute Gasteiger partial charge is 0.444 e. The van der Waals surface area contributed by atoms with Gasteiger partial charge in [0, 0.05) is 32.4 Å². The quantitative estimate of drug-likeness (QED) is 0.876.